The molecule has 1 heterocycles. The first kappa shape index (κ1) is 25.3. The number of nitro groups is 1. The molecule has 0 aliphatic carbocycles. The summed E-state index contributed by atoms with van der Waals surface area (Å²) in [6, 6.07) is 17.2. The summed E-state index contributed by atoms with van der Waals surface area (Å²) in [5.41, 5.74) is 2.70. The lowest BCUT2D eigenvalue weighted by Crippen LogP contribution is -2.30. The average Bonchev–Trinajstić information content (AvgIpc) is 3.11. The third-order valence-corrected chi connectivity index (χ3v) is 6.96. The van der Waals surface area contributed by atoms with Crippen molar-refractivity contribution < 1.29 is 19.2 Å². The molecule has 0 radical (unpaired) electrons. The van der Waals surface area contributed by atoms with E-state index < -0.39 is 4.92 Å². The fourth-order valence-electron chi connectivity index (χ4n) is 3.34. The van der Waals surface area contributed by atoms with Gasteiger partial charge in [-0.25, -0.2) is 0 Å². The summed E-state index contributed by atoms with van der Waals surface area (Å²) in [7, 11) is 1.58. The van der Waals surface area contributed by atoms with Gasteiger partial charge in [-0.3, -0.25) is 19.8 Å². The Labute approximate surface area is 233 Å². The number of hydrogen-bond donors (Lipinski definition) is 1. The molecule has 0 bridgehead atoms. The van der Waals surface area contributed by atoms with Crippen molar-refractivity contribution in [2.24, 2.45) is 0 Å². The van der Waals surface area contributed by atoms with Crippen LogP contribution in [0.4, 0.5) is 11.4 Å². The fourth-order valence-corrected chi connectivity index (χ4v) is 5.76. The zero-order valence-corrected chi connectivity index (χ0v) is 23.3. The number of nitrogens with one attached hydrogen (secondary N) is 1. The monoisotopic (exact) mass is 713 g/mol. The van der Waals surface area contributed by atoms with Crippen molar-refractivity contribution in [2.75, 3.05) is 12.0 Å². The average molecular weight is 713 g/mol. The smallest absolute Gasteiger partial charge is 0.281 e. The maximum atomic E-state index is 13.0. The number of rotatable bonds is 7. The molecule has 0 aromatic heterocycles. The molecule has 1 N–H and O–H groups in total. The van der Waals surface area contributed by atoms with Gasteiger partial charge in [0.25, 0.3) is 11.6 Å². The van der Waals surface area contributed by atoms with E-state index in [0.717, 1.165) is 18.3 Å². The molecule has 1 aliphatic heterocycles. The predicted octanol–water partition coefficient (Wildman–Crippen LogP) is 5.65. The number of carbonyl (C=O) groups excluding carboxylic acids is 1. The third kappa shape index (κ3) is 5.73. The van der Waals surface area contributed by atoms with Crippen molar-refractivity contribution in [1.29, 1.82) is 0 Å². The van der Waals surface area contributed by atoms with Gasteiger partial charge in [0.05, 0.1) is 24.9 Å². The molecule has 11 heteroatoms. The number of anilines is 1. The van der Waals surface area contributed by atoms with Crippen molar-refractivity contribution in [3.8, 4) is 11.5 Å². The van der Waals surface area contributed by atoms with Crippen molar-refractivity contribution in [2.45, 2.75) is 6.61 Å². The molecule has 1 fully saturated rings. The van der Waals surface area contributed by atoms with Gasteiger partial charge in [-0.1, -0.05) is 0 Å². The van der Waals surface area contributed by atoms with Crippen LogP contribution >= 0.6 is 57.4 Å². The standard InChI is InChI=1S/C24H17I2N3O5S/c1-33-18-8-6-16(7-9-18)28-23(30)21(27-24(28)35)12-15-10-19(25)22(20(26)11-15)34-13-14-2-4-17(5-3-14)29(31)32/h2-12H,13H2,1H3,(H,27,35). The number of nitrogens with zero attached hydrogens (tertiary/aromatic N) is 2. The largest absolute Gasteiger partial charge is 0.497 e. The molecule has 8 nitrogen and oxygen atoms in total. The van der Waals surface area contributed by atoms with Gasteiger partial charge in [0, 0.05) is 12.1 Å². The Bertz CT molecular complexity index is 1320. The predicted molar refractivity (Wildman–Crippen MR) is 153 cm³/mol. The number of methoxy groups -OCH3 is 1. The van der Waals surface area contributed by atoms with E-state index in [0.29, 0.717) is 28.0 Å². The molecule has 1 saturated heterocycles. The molecule has 1 amide bonds. The van der Waals surface area contributed by atoms with Gasteiger partial charge < -0.3 is 14.8 Å². The van der Waals surface area contributed by atoms with E-state index in [1.54, 1.807) is 49.6 Å². The normalized spacial score (nSPS) is 14.3. The highest BCUT2D eigenvalue weighted by atomic mass is 127. The number of hydrogen-bond acceptors (Lipinski definition) is 6. The third-order valence-electron chi connectivity index (χ3n) is 5.07. The van der Waals surface area contributed by atoms with Crippen LogP contribution in [0.15, 0.2) is 66.4 Å². The Hall–Kier alpha value is -2.78. The Morgan fingerprint density at radius 1 is 1.09 bits per heavy atom. The van der Waals surface area contributed by atoms with Crippen LogP contribution in [0, 0.1) is 17.3 Å². The minimum Gasteiger partial charge on any atom is -0.497 e. The van der Waals surface area contributed by atoms with Crippen molar-refractivity contribution in [3.05, 3.63) is 94.7 Å². The minimum absolute atomic E-state index is 0.0374. The number of non-ortho nitro benzene ring substituents is 1. The maximum Gasteiger partial charge on any atom is 0.281 e. The molecule has 3 aromatic carbocycles. The summed E-state index contributed by atoms with van der Waals surface area (Å²) in [5, 5.41) is 14.1. The summed E-state index contributed by atoms with van der Waals surface area (Å²) in [4.78, 5) is 24.9. The highest BCUT2D eigenvalue weighted by molar-refractivity contribution is 14.1. The lowest BCUT2D eigenvalue weighted by molar-refractivity contribution is -0.384. The second-order valence-electron chi connectivity index (χ2n) is 7.35. The summed E-state index contributed by atoms with van der Waals surface area (Å²) < 4.78 is 12.9. The van der Waals surface area contributed by atoms with Crippen LogP contribution in [-0.4, -0.2) is 23.1 Å². The van der Waals surface area contributed by atoms with Crippen molar-refractivity contribution in [1.82, 2.24) is 5.32 Å². The summed E-state index contributed by atoms with van der Waals surface area (Å²) >= 11 is 9.76. The highest BCUT2D eigenvalue weighted by Gasteiger charge is 2.32. The van der Waals surface area contributed by atoms with E-state index in [-0.39, 0.29) is 18.2 Å². The van der Waals surface area contributed by atoms with Gasteiger partial charge in [0.2, 0.25) is 0 Å². The van der Waals surface area contributed by atoms with Crippen LogP contribution < -0.4 is 19.7 Å². The summed E-state index contributed by atoms with van der Waals surface area (Å²) in [6.07, 6.45) is 1.75. The topological polar surface area (TPSA) is 93.9 Å². The van der Waals surface area contributed by atoms with Gasteiger partial charge in [-0.2, -0.15) is 0 Å². The minimum atomic E-state index is -0.434. The van der Waals surface area contributed by atoms with E-state index in [1.165, 1.54) is 17.0 Å². The van der Waals surface area contributed by atoms with Crippen LogP contribution in [0.2, 0.25) is 0 Å². The van der Waals surface area contributed by atoms with Gasteiger partial charge in [-0.05, 0) is 123 Å². The molecule has 0 saturated carbocycles. The first-order valence-electron chi connectivity index (χ1n) is 10.1. The van der Waals surface area contributed by atoms with Gasteiger partial charge in [0.1, 0.15) is 23.8 Å². The van der Waals surface area contributed by atoms with Crippen molar-refractivity contribution in [3.63, 3.8) is 0 Å². The van der Waals surface area contributed by atoms with E-state index in [4.69, 9.17) is 21.7 Å². The molecule has 4 rings (SSSR count). The lowest BCUT2D eigenvalue weighted by Gasteiger charge is -2.14. The fraction of sp³-hybridized carbons (Fsp3) is 0.0833. The Kier molecular flexibility index (Phi) is 7.86. The molecule has 3 aromatic rings. The summed E-state index contributed by atoms with van der Waals surface area (Å²) in [6.45, 7) is 0.273. The lowest BCUT2D eigenvalue weighted by atomic mass is 10.1. The zero-order valence-electron chi connectivity index (χ0n) is 18.2. The summed E-state index contributed by atoms with van der Waals surface area (Å²) in [5.74, 6) is 1.14. The van der Waals surface area contributed by atoms with Gasteiger partial charge >= 0.3 is 0 Å². The van der Waals surface area contributed by atoms with Crippen LogP contribution in [-0.2, 0) is 11.4 Å². The molecule has 0 atom stereocenters. The number of carbonyl (C=O) groups is 1. The number of nitro benzene ring substituents is 1. The first-order chi connectivity index (χ1) is 16.8. The number of thiocarbonyl (C=S) groups is 1. The number of halogens is 2. The number of amides is 1. The number of benzene rings is 3. The zero-order chi connectivity index (χ0) is 25.1. The maximum absolute atomic E-state index is 13.0. The van der Waals surface area contributed by atoms with Crippen LogP contribution in [0.3, 0.4) is 0 Å². The molecular formula is C24H17I2N3O5S. The molecule has 1 aliphatic rings. The van der Waals surface area contributed by atoms with E-state index in [9.17, 15) is 14.9 Å². The van der Waals surface area contributed by atoms with Gasteiger partial charge in [-0.15, -0.1) is 0 Å². The van der Waals surface area contributed by atoms with E-state index in [2.05, 4.69) is 50.5 Å². The van der Waals surface area contributed by atoms with Crippen molar-refractivity contribution >= 4 is 85.9 Å². The molecular weight excluding hydrogens is 696 g/mol. The Morgan fingerprint density at radius 2 is 1.71 bits per heavy atom. The second-order valence-corrected chi connectivity index (χ2v) is 10.1. The van der Waals surface area contributed by atoms with Crippen LogP contribution in [0.5, 0.6) is 11.5 Å². The van der Waals surface area contributed by atoms with Crippen LogP contribution in [0.1, 0.15) is 11.1 Å². The Morgan fingerprint density at radius 3 is 2.29 bits per heavy atom. The van der Waals surface area contributed by atoms with Gasteiger partial charge in [0.15, 0.2) is 5.11 Å². The molecule has 35 heavy (non-hydrogen) atoms. The Balaban J connectivity index is 1.50. The quantitative estimate of drug-likeness (QED) is 0.111. The second kappa shape index (κ2) is 10.9. The highest BCUT2D eigenvalue weighted by Crippen LogP contribution is 2.31. The van der Waals surface area contributed by atoms with E-state index in [1.807, 2.05) is 12.1 Å². The number of ether oxygens (including phenoxy) is 2. The SMILES string of the molecule is COc1ccc(N2C(=O)C(=Cc3cc(I)c(OCc4ccc([N+](=O)[O-])cc4)c(I)c3)NC2=S)cc1. The van der Waals surface area contributed by atoms with E-state index >= 15 is 0 Å². The molecule has 0 unspecified atom stereocenters. The first-order valence-corrected chi connectivity index (χ1v) is 12.7. The molecule has 0 spiro atoms. The van der Waals surface area contributed by atoms with Crippen LogP contribution in [0.25, 0.3) is 6.08 Å². The molecule has 178 valence electrons.